The van der Waals surface area contributed by atoms with E-state index in [4.69, 9.17) is 18.6 Å². The monoisotopic (exact) mass is 513 g/mol. The van der Waals surface area contributed by atoms with E-state index >= 15 is 0 Å². The molecule has 3 aliphatic rings. The van der Waals surface area contributed by atoms with Gasteiger partial charge in [0.05, 0.1) is 37.2 Å². The third-order valence-corrected chi connectivity index (χ3v) is 7.12. The van der Waals surface area contributed by atoms with Gasteiger partial charge in [-0.1, -0.05) is 0 Å². The van der Waals surface area contributed by atoms with Crippen LogP contribution in [0.15, 0.2) is 27.4 Å². The molecule has 5 rings (SSSR count). The maximum Gasteiger partial charge on any atom is 0.312 e. The molecule has 200 valence electrons. The Labute approximate surface area is 215 Å². The van der Waals surface area contributed by atoms with Crippen LogP contribution in [0.2, 0.25) is 0 Å². The normalized spacial score (nSPS) is 22.9. The molecule has 10 nitrogen and oxygen atoms in total. The molecule has 37 heavy (non-hydrogen) atoms. The van der Waals surface area contributed by atoms with Crippen LogP contribution in [0.25, 0.3) is 11.0 Å². The summed E-state index contributed by atoms with van der Waals surface area (Å²) in [6, 6.07) is 4.93. The van der Waals surface area contributed by atoms with Crippen LogP contribution in [0.1, 0.15) is 49.0 Å². The first kappa shape index (κ1) is 25.7. The SMILES string of the molecule is CC(C)(C)C(=O)OC1NCCC1c1cc(C(=O)N2CCOCC2)cc2c(=O)cc(N3CCOCC3)oc12. The fourth-order valence-electron chi connectivity index (χ4n) is 4.97. The largest absolute Gasteiger partial charge is 0.445 e. The second kappa shape index (κ2) is 10.4. The van der Waals surface area contributed by atoms with Crippen LogP contribution in [-0.4, -0.2) is 82.2 Å². The van der Waals surface area contributed by atoms with Crippen molar-refractivity contribution in [1.29, 1.82) is 0 Å². The molecular formula is C27H35N3O7. The fourth-order valence-corrected chi connectivity index (χ4v) is 4.97. The Kier molecular flexibility index (Phi) is 7.24. The van der Waals surface area contributed by atoms with E-state index in [2.05, 4.69) is 5.32 Å². The maximum atomic E-state index is 13.4. The predicted octanol–water partition coefficient (Wildman–Crippen LogP) is 2.09. The molecule has 1 aromatic heterocycles. The summed E-state index contributed by atoms with van der Waals surface area (Å²) in [5.41, 5.74) is 0.663. The number of anilines is 1. The highest BCUT2D eigenvalue weighted by Crippen LogP contribution is 2.36. The van der Waals surface area contributed by atoms with Crippen LogP contribution in [-0.2, 0) is 19.0 Å². The van der Waals surface area contributed by atoms with Crippen molar-refractivity contribution < 1.29 is 28.2 Å². The summed E-state index contributed by atoms with van der Waals surface area (Å²) in [5.74, 6) is -0.285. The fraction of sp³-hybridized carbons (Fsp3) is 0.593. The number of rotatable bonds is 4. The Bertz CT molecular complexity index is 1220. The number of amides is 1. The average molecular weight is 514 g/mol. The van der Waals surface area contributed by atoms with Crippen LogP contribution in [0.3, 0.4) is 0 Å². The van der Waals surface area contributed by atoms with Crippen molar-refractivity contribution in [2.45, 2.75) is 39.3 Å². The molecule has 1 aromatic carbocycles. The Morgan fingerprint density at radius 1 is 1.00 bits per heavy atom. The first-order valence-electron chi connectivity index (χ1n) is 13.0. The molecule has 0 aliphatic carbocycles. The number of esters is 1. The lowest BCUT2D eigenvalue weighted by atomic mass is 9.92. The van der Waals surface area contributed by atoms with E-state index in [1.165, 1.54) is 6.07 Å². The summed E-state index contributed by atoms with van der Waals surface area (Å²) in [5, 5.41) is 3.62. The molecule has 0 bridgehead atoms. The van der Waals surface area contributed by atoms with Crippen LogP contribution in [0, 0.1) is 5.41 Å². The number of nitrogens with zero attached hydrogens (tertiary/aromatic N) is 2. The molecule has 0 saturated carbocycles. The summed E-state index contributed by atoms with van der Waals surface area (Å²) in [7, 11) is 0. The van der Waals surface area contributed by atoms with Crippen LogP contribution >= 0.6 is 0 Å². The van der Waals surface area contributed by atoms with Gasteiger partial charge in [-0.2, -0.15) is 0 Å². The molecule has 2 aromatic rings. The van der Waals surface area contributed by atoms with Crippen molar-refractivity contribution in [1.82, 2.24) is 10.2 Å². The number of nitrogens with one attached hydrogen (secondary N) is 1. The molecule has 0 spiro atoms. The minimum atomic E-state index is -0.666. The minimum Gasteiger partial charge on any atom is -0.445 e. The molecule has 1 amide bonds. The smallest absolute Gasteiger partial charge is 0.312 e. The van der Waals surface area contributed by atoms with Gasteiger partial charge >= 0.3 is 5.97 Å². The minimum absolute atomic E-state index is 0.155. The topological polar surface area (TPSA) is 111 Å². The van der Waals surface area contributed by atoms with Crippen molar-refractivity contribution in [3.8, 4) is 0 Å². The molecule has 3 fully saturated rings. The number of carbonyl (C=O) groups is 2. The van der Waals surface area contributed by atoms with Gasteiger partial charge in [0.2, 0.25) is 0 Å². The van der Waals surface area contributed by atoms with E-state index in [1.54, 1.807) is 11.0 Å². The first-order chi connectivity index (χ1) is 17.7. The molecule has 0 radical (unpaired) electrons. The predicted molar refractivity (Wildman–Crippen MR) is 137 cm³/mol. The molecular weight excluding hydrogens is 478 g/mol. The highest BCUT2D eigenvalue weighted by molar-refractivity contribution is 5.99. The van der Waals surface area contributed by atoms with Crippen LogP contribution in [0.4, 0.5) is 5.88 Å². The number of carbonyl (C=O) groups excluding carboxylic acids is 2. The number of benzene rings is 1. The second-order valence-electron chi connectivity index (χ2n) is 10.8. The first-order valence-corrected chi connectivity index (χ1v) is 13.0. The van der Waals surface area contributed by atoms with Gasteiger partial charge in [0.1, 0.15) is 5.58 Å². The zero-order valence-corrected chi connectivity index (χ0v) is 21.7. The Hall–Kier alpha value is -2.95. The van der Waals surface area contributed by atoms with Gasteiger partial charge in [0, 0.05) is 49.3 Å². The summed E-state index contributed by atoms with van der Waals surface area (Å²) >= 11 is 0. The Balaban J connectivity index is 1.60. The highest BCUT2D eigenvalue weighted by atomic mass is 16.6. The maximum absolute atomic E-state index is 13.4. The third-order valence-electron chi connectivity index (χ3n) is 7.12. The molecule has 1 N–H and O–H groups in total. The summed E-state index contributed by atoms with van der Waals surface area (Å²) in [4.78, 5) is 43.3. The van der Waals surface area contributed by atoms with E-state index in [9.17, 15) is 14.4 Å². The number of fused-ring (bicyclic) bond motifs is 1. The lowest BCUT2D eigenvalue weighted by Gasteiger charge is -2.29. The highest BCUT2D eigenvalue weighted by Gasteiger charge is 2.37. The molecule has 3 saturated heterocycles. The zero-order chi connectivity index (χ0) is 26.2. The lowest BCUT2D eigenvalue weighted by Crippen LogP contribution is -2.41. The van der Waals surface area contributed by atoms with Gasteiger partial charge in [-0.25, -0.2) is 0 Å². The van der Waals surface area contributed by atoms with E-state index in [0.717, 1.165) is 0 Å². The van der Waals surface area contributed by atoms with Gasteiger partial charge in [-0.3, -0.25) is 19.7 Å². The van der Waals surface area contributed by atoms with Gasteiger partial charge < -0.3 is 28.4 Å². The van der Waals surface area contributed by atoms with Gasteiger partial charge in [0.15, 0.2) is 17.5 Å². The van der Waals surface area contributed by atoms with E-state index in [1.807, 2.05) is 31.7 Å². The Morgan fingerprint density at radius 2 is 1.68 bits per heavy atom. The molecule has 2 unspecified atom stereocenters. The van der Waals surface area contributed by atoms with E-state index < -0.39 is 11.6 Å². The summed E-state index contributed by atoms with van der Waals surface area (Å²) < 4.78 is 23.1. The second-order valence-corrected chi connectivity index (χ2v) is 10.8. The van der Waals surface area contributed by atoms with Crippen molar-refractivity contribution >= 4 is 28.7 Å². The van der Waals surface area contributed by atoms with Gasteiger partial charge in [0.25, 0.3) is 5.91 Å². The molecule has 4 heterocycles. The van der Waals surface area contributed by atoms with Crippen molar-refractivity contribution in [2.75, 3.05) is 64.1 Å². The van der Waals surface area contributed by atoms with Gasteiger partial charge in [-0.15, -0.1) is 0 Å². The number of hydrogen-bond acceptors (Lipinski definition) is 9. The van der Waals surface area contributed by atoms with Crippen molar-refractivity contribution in [3.63, 3.8) is 0 Å². The molecule has 10 heteroatoms. The molecule has 3 aliphatic heterocycles. The third kappa shape index (κ3) is 5.37. The van der Waals surface area contributed by atoms with Crippen LogP contribution in [0.5, 0.6) is 0 Å². The van der Waals surface area contributed by atoms with Crippen LogP contribution < -0.4 is 15.6 Å². The molecule has 2 atom stereocenters. The quantitative estimate of drug-likeness (QED) is 0.615. The summed E-state index contributed by atoms with van der Waals surface area (Å²) in [6.07, 6.45) is 0.0683. The number of hydrogen-bond donors (Lipinski definition) is 1. The zero-order valence-electron chi connectivity index (χ0n) is 21.7. The number of morpholine rings is 2. The number of ether oxygens (including phenoxy) is 3. The summed E-state index contributed by atoms with van der Waals surface area (Å²) in [6.45, 7) is 10.4. The van der Waals surface area contributed by atoms with Crippen molar-refractivity contribution in [3.05, 3.63) is 39.5 Å². The standard InChI is InChI=1S/C27H35N3O7/c1-27(2,3)26(33)37-24-18(4-5-28-24)19-14-17(25(32)30-8-12-35-13-9-30)15-20-21(31)16-22(36-23(19)20)29-6-10-34-11-7-29/h14-16,18,24,28H,4-13H2,1-3H3. The Morgan fingerprint density at radius 3 is 2.35 bits per heavy atom. The average Bonchev–Trinajstić information content (AvgIpc) is 3.36. The van der Waals surface area contributed by atoms with E-state index in [0.29, 0.717) is 93.6 Å². The van der Waals surface area contributed by atoms with E-state index in [-0.39, 0.29) is 23.2 Å². The van der Waals surface area contributed by atoms with Gasteiger partial charge in [-0.05, 0) is 45.9 Å². The van der Waals surface area contributed by atoms with Crippen molar-refractivity contribution in [2.24, 2.45) is 5.41 Å². The lowest BCUT2D eigenvalue weighted by molar-refractivity contribution is -0.160.